The fraction of sp³-hybridized carbons (Fsp3) is 0.364. The maximum absolute atomic E-state index is 12.8. The largest absolute Gasteiger partial charge is 0.484 e. The van der Waals surface area contributed by atoms with Gasteiger partial charge in [0.05, 0.1) is 5.02 Å². The van der Waals surface area contributed by atoms with E-state index in [0.29, 0.717) is 30.2 Å². The molecule has 172 valence electrons. The van der Waals surface area contributed by atoms with E-state index < -0.39 is 15.9 Å². The second-order valence-electron chi connectivity index (χ2n) is 7.36. The van der Waals surface area contributed by atoms with Crippen LogP contribution < -0.4 is 15.4 Å². The zero-order valence-electron chi connectivity index (χ0n) is 17.9. The quantitative estimate of drug-likeness (QED) is 0.540. The highest BCUT2D eigenvalue weighted by Gasteiger charge is 2.29. The first-order chi connectivity index (χ1) is 15.2. The Morgan fingerprint density at radius 2 is 1.75 bits per heavy atom. The predicted octanol–water partition coefficient (Wildman–Crippen LogP) is 3.74. The van der Waals surface area contributed by atoms with E-state index in [1.165, 1.54) is 22.5 Å². The number of hydrogen-bond acceptors (Lipinski definition) is 5. The van der Waals surface area contributed by atoms with Crippen LogP contribution in [0.15, 0.2) is 47.4 Å². The number of halogens is 1. The van der Waals surface area contributed by atoms with Gasteiger partial charge in [0.15, 0.2) is 6.61 Å². The Hall–Kier alpha value is -2.62. The van der Waals surface area contributed by atoms with E-state index in [1.807, 2.05) is 0 Å². The van der Waals surface area contributed by atoms with Crippen molar-refractivity contribution in [1.82, 2.24) is 4.31 Å². The molecule has 0 saturated heterocycles. The van der Waals surface area contributed by atoms with Crippen LogP contribution in [-0.4, -0.2) is 44.2 Å². The third-order valence-electron chi connectivity index (χ3n) is 4.96. The van der Waals surface area contributed by atoms with Crippen LogP contribution in [0.25, 0.3) is 0 Å². The molecule has 0 spiro atoms. The van der Waals surface area contributed by atoms with Gasteiger partial charge in [-0.3, -0.25) is 9.59 Å². The van der Waals surface area contributed by atoms with Crippen molar-refractivity contribution >= 4 is 44.8 Å². The second-order valence-corrected chi connectivity index (χ2v) is 9.68. The Morgan fingerprint density at radius 3 is 2.41 bits per heavy atom. The Bertz CT molecular complexity index is 1100. The SMILES string of the molecule is CCN(CC)S(=O)(=O)c1cc(NC(=O)COc2cccc(NC(=O)C3CC3)c2)ccc1Cl. The first-order valence-corrected chi connectivity index (χ1v) is 12.2. The standard InChI is InChI=1S/C22H26ClN3O5S/c1-3-26(4-2)32(29,30)20-13-17(10-11-19(20)23)24-21(27)14-31-18-7-5-6-16(12-18)25-22(28)15-8-9-15/h5-7,10-13,15H,3-4,8-9,14H2,1-2H3,(H,24,27)(H,25,28). The number of hydrogen-bond donors (Lipinski definition) is 2. The molecule has 32 heavy (non-hydrogen) atoms. The third-order valence-corrected chi connectivity index (χ3v) is 7.49. The van der Waals surface area contributed by atoms with Crippen LogP contribution in [0.1, 0.15) is 26.7 Å². The summed E-state index contributed by atoms with van der Waals surface area (Å²) in [6.45, 7) is 3.80. The summed E-state index contributed by atoms with van der Waals surface area (Å²) in [4.78, 5) is 24.2. The average molecular weight is 480 g/mol. The van der Waals surface area contributed by atoms with Crippen LogP contribution in [-0.2, 0) is 19.6 Å². The first kappa shape index (κ1) is 24.0. The summed E-state index contributed by atoms with van der Waals surface area (Å²) in [5.41, 5.74) is 0.892. The summed E-state index contributed by atoms with van der Waals surface area (Å²) in [7, 11) is -3.78. The Balaban J connectivity index is 1.62. The Morgan fingerprint density at radius 1 is 1.06 bits per heavy atom. The van der Waals surface area contributed by atoms with E-state index in [1.54, 1.807) is 38.1 Å². The predicted molar refractivity (Wildman–Crippen MR) is 123 cm³/mol. The fourth-order valence-electron chi connectivity index (χ4n) is 3.08. The number of amides is 2. The topological polar surface area (TPSA) is 105 Å². The van der Waals surface area contributed by atoms with Crippen molar-refractivity contribution in [3.05, 3.63) is 47.5 Å². The van der Waals surface area contributed by atoms with Crippen molar-refractivity contribution in [2.45, 2.75) is 31.6 Å². The highest BCUT2D eigenvalue weighted by atomic mass is 35.5. The van der Waals surface area contributed by atoms with Crippen LogP contribution in [0, 0.1) is 5.92 Å². The van der Waals surface area contributed by atoms with Gasteiger partial charge in [0.25, 0.3) is 5.91 Å². The van der Waals surface area contributed by atoms with Crippen molar-refractivity contribution in [1.29, 1.82) is 0 Å². The number of nitrogens with zero attached hydrogens (tertiary/aromatic N) is 1. The number of carbonyl (C=O) groups excluding carboxylic acids is 2. The van der Waals surface area contributed by atoms with Crippen LogP contribution in [0.4, 0.5) is 11.4 Å². The molecule has 2 amide bonds. The molecule has 0 bridgehead atoms. The molecular weight excluding hydrogens is 454 g/mol. The smallest absolute Gasteiger partial charge is 0.262 e. The minimum atomic E-state index is -3.78. The molecule has 8 nitrogen and oxygen atoms in total. The molecule has 1 aliphatic rings. The number of ether oxygens (including phenoxy) is 1. The molecule has 10 heteroatoms. The normalized spacial score (nSPS) is 13.6. The molecule has 1 saturated carbocycles. The summed E-state index contributed by atoms with van der Waals surface area (Å²) in [5, 5.41) is 5.52. The minimum Gasteiger partial charge on any atom is -0.484 e. The first-order valence-electron chi connectivity index (χ1n) is 10.4. The van der Waals surface area contributed by atoms with Gasteiger partial charge in [0.1, 0.15) is 10.6 Å². The van der Waals surface area contributed by atoms with Crippen LogP contribution >= 0.6 is 11.6 Å². The number of benzene rings is 2. The van der Waals surface area contributed by atoms with Gasteiger partial charge < -0.3 is 15.4 Å². The lowest BCUT2D eigenvalue weighted by atomic mass is 10.3. The van der Waals surface area contributed by atoms with Crippen molar-refractivity contribution in [3.63, 3.8) is 0 Å². The molecule has 1 aliphatic carbocycles. The van der Waals surface area contributed by atoms with E-state index in [4.69, 9.17) is 16.3 Å². The number of nitrogens with one attached hydrogen (secondary N) is 2. The summed E-state index contributed by atoms with van der Waals surface area (Å²) in [6.07, 6.45) is 1.82. The molecule has 0 heterocycles. The summed E-state index contributed by atoms with van der Waals surface area (Å²) >= 11 is 6.12. The van der Waals surface area contributed by atoms with Crippen molar-refractivity contribution in [2.75, 3.05) is 30.3 Å². The van der Waals surface area contributed by atoms with Gasteiger partial charge in [0, 0.05) is 36.4 Å². The lowest BCUT2D eigenvalue weighted by Gasteiger charge is -2.19. The number of carbonyl (C=O) groups is 2. The van der Waals surface area contributed by atoms with E-state index in [0.717, 1.165) is 12.8 Å². The molecule has 2 aromatic carbocycles. The van der Waals surface area contributed by atoms with Crippen LogP contribution in [0.5, 0.6) is 5.75 Å². The highest BCUT2D eigenvalue weighted by Crippen LogP contribution is 2.31. The van der Waals surface area contributed by atoms with E-state index in [9.17, 15) is 18.0 Å². The zero-order chi connectivity index (χ0) is 23.3. The second kappa shape index (κ2) is 10.3. The van der Waals surface area contributed by atoms with Crippen LogP contribution in [0.2, 0.25) is 5.02 Å². The maximum atomic E-state index is 12.8. The van der Waals surface area contributed by atoms with E-state index in [2.05, 4.69) is 10.6 Å². The van der Waals surface area contributed by atoms with Gasteiger partial charge in [0.2, 0.25) is 15.9 Å². The minimum absolute atomic E-state index is 0.0156. The molecular formula is C22H26ClN3O5S. The van der Waals surface area contributed by atoms with Crippen molar-refractivity contribution in [3.8, 4) is 5.75 Å². The highest BCUT2D eigenvalue weighted by molar-refractivity contribution is 7.89. The monoisotopic (exact) mass is 479 g/mol. The molecule has 0 aliphatic heterocycles. The van der Waals surface area contributed by atoms with Gasteiger partial charge >= 0.3 is 0 Å². The number of anilines is 2. The Kier molecular flexibility index (Phi) is 7.76. The summed E-state index contributed by atoms with van der Waals surface area (Å²) in [5.74, 6) is 0.0267. The van der Waals surface area contributed by atoms with Gasteiger partial charge in [-0.05, 0) is 43.2 Å². The molecule has 2 N–H and O–H groups in total. The summed E-state index contributed by atoms with van der Waals surface area (Å²) < 4.78 is 32.4. The fourth-order valence-corrected chi connectivity index (χ4v) is 5.04. The molecule has 0 aromatic heterocycles. The van der Waals surface area contributed by atoms with E-state index >= 15 is 0 Å². The maximum Gasteiger partial charge on any atom is 0.262 e. The van der Waals surface area contributed by atoms with Crippen LogP contribution in [0.3, 0.4) is 0 Å². The van der Waals surface area contributed by atoms with Crippen molar-refractivity contribution in [2.24, 2.45) is 5.92 Å². The Labute approximate surface area is 192 Å². The van der Waals surface area contributed by atoms with Gasteiger partial charge in [-0.15, -0.1) is 0 Å². The average Bonchev–Trinajstić information content (AvgIpc) is 3.60. The van der Waals surface area contributed by atoms with E-state index in [-0.39, 0.29) is 28.4 Å². The van der Waals surface area contributed by atoms with Crippen molar-refractivity contribution < 1.29 is 22.7 Å². The molecule has 2 aromatic rings. The number of rotatable bonds is 10. The van der Waals surface area contributed by atoms with Gasteiger partial charge in [-0.2, -0.15) is 4.31 Å². The van der Waals surface area contributed by atoms with Gasteiger partial charge in [-0.25, -0.2) is 8.42 Å². The molecule has 0 atom stereocenters. The lowest BCUT2D eigenvalue weighted by molar-refractivity contribution is -0.118. The lowest BCUT2D eigenvalue weighted by Crippen LogP contribution is -2.31. The molecule has 1 fully saturated rings. The molecule has 0 unspecified atom stereocenters. The summed E-state index contributed by atoms with van der Waals surface area (Å²) in [6, 6.07) is 11.1. The molecule has 0 radical (unpaired) electrons. The molecule has 3 rings (SSSR count). The zero-order valence-corrected chi connectivity index (χ0v) is 19.5. The number of sulfonamides is 1. The van der Waals surface area contributed by atoms with Gasteiger partial charge in [-0.1, -0.05) is 31.5 Å². The third kappa shape index (κ3) is 5.99.